The van der Waals surface area contributed by atoms with Crippen molar-refractivity contribution in [3.8, 4) is 10.6 Å². The number of thiazole rings is 1. The minimum absolute atomic E-state index is 0.365. The molecule has 0 bridgehead atoms. The Kier molecular flexibility index (Phi) is 5.91. The molecule has 0 fully saturated rings. The van der Waals surface area contributed by atoms with Gasteiger partial charge in [-0.25, -0.2) is 4.98 Å². The number of nitrogens with one attached hydrogen (secondary N) is 1. The van der Waals surface area contributed by atoms with E-state index < -0.39 is 0 Å². The summed E-state index contributed by atoms with van der Waals surface area (Å²) in [5, 5.41) is 4.63. The summed E-state index contributed by atoms with van der Waals surface area (Å²) in [6.07, 6.45) is 1.15. The topological polar surface area (TPSA) is 34.1 Å². The Hall–Kier alpha value is -1.23. The molecule has 114 valence electrons. The van der Waals surface area contributed by atoms with E-state index in [0.29, 0.717) is 12.6 Å². The lowest BCUT2D eigenvalue weighted by molar-refractivity contribution is 0.185. The van der Waals surface area contributed by atoms with Crippen molar-refractivity contribution in [1.29, 1.82) is 0 Å². The molecule has 1 heterocycles. The third-order valence-corrected chi connectivity index (χ3v) is 4.83. The fourth-order valence-corrected chi connectivity index (χ4v) is 3.40. The van der Waals surface area contributed by atoms with Crippen LogP contribution in [-0.2, 0) is 11.3 Å². The lowest BCUT2D eigenvalue weighted by Gasteiger charge is -2.11. The highest BCUT2D eigenvalue weighted by molar-refractivity contribution is 7.15. The van der Waals surface area contributed by atoms with Gasteiger partial charge in [-0.3, -0.25) is 0 Å². The number of methoxy groups -OCH3 is 1. The first-order valence-electron chi connectivity index (χ1n) is 7.44. The molecule has 1 N–H and O–H groups in total. The van der Waals surface area contributed by atoms with Gasteiger partial charge in [-0.15, -0.1) is 11.3 Å². The minimum atomic E-state index is 0.365. The van der Waals surface area contributed by atoms with Crippen molar-refractivity contribution < 1.29 is 4.74 Å². The molecule has 0 aliphatic carbocycles. The maximum atomic E-state index is 5.14. The van der Waals surface area contributed by atoms with Gasteiger partial charge < -0.3 is 10.1 Å². The third kappa shape index (κ3) is 4.13. The number of aromatic nitrogens is 1. The van der Waals surface area contributed by atoms with Gasteiger partial charge >= 0.3 is 0 Å². The first kappa shape index (κ1) is 16.1. The molecular weight excluding hydrogens is 280 g/mol. The monoisotopic (exact) mass is 304 g/mol. The maximum absolute atomic E-state index is 5.14. The van der Waals surface area contributed by atoms with Gasteiger partial charge in [0.1, 0.15) is 5.01 Å². The number of hydrogen-bond donors (Lipinski definition) is 1. The zero-order valence-corrected chi connectivity index (χ0v) is 14.1. The van der Waals surface area contributed by atoms with Gasteiger partial charge in [0.25, 0.3) is 0 Å². The van der Waals surface area contributed by atoms with Crippen LogP contribution in [0.15, 0.2) is 24.3 Å². The summed E-state index contributed by atoms with van der Waals surface area (Å²) in [7, 11) is 1.72. The molecular formula is C17H24N2OS. The first-order valence-corrected chi connectivity index (χ1v) is 8.26. The van der Waals surface area contributed by atoms with Crippen molar-refractivity contribution in [2.75, 3.05) is 13.7 Å². The van der Waals surface area contributed by atoms with E-state index >= 15 is 0 Å². The summed E-state index contributed by atoms with van der Waals surface area (Å²) in [4.78, 5) is 6.07. The van der Waals surface area contributed by atoms with E-state index in [9.17, 15) is 0 Å². The molecule has 0 aliphatic rings. The van der Waals surface area contributed by atoms with Crippen LogP contribution in [-0.4, -0.2) is 18.6 Å². The third-order valence-electron chi connectivity index (χ3n) is 3.44. The molecule has 4 heteroatoms. The number of nitrogens with zero attached hydrogens (tertiary/aromatic N) is 1. The standard InChI is InChI=1S/C17H24N2OS/c1-5-10-18-12(2)16-13(3)19-17(21-16)15-8-6-14(7-9-15)11-20-4/h6-9,12,18H,5,10-11H2,1-4H3. The molecule has 0 amide bonds. The van der Waals surface area contributed by atoms with Crippen molar-refractivity contribution in [3.05, 3.63) is 40.4 Å². The van der Waals surface area contributed by atoms with Gasteiger partial charge in [-0.05, 0) is 32.4 Å². The summed E-state index contributed by atoms with van der Waals surface area (Å²) < 4.78 is 5.14. The van der Waals surface area contributed by atoms with Gasteiger partial charge in [-0.1, -0.05) is 31.2 Å². The van der Waals surface area contributed by atoms with Crippen LogP contribution in [0.2, 0.25) is 0 Å². The van der Waals surface area contributed by atoms with Crippen molar-refractivity contribution in [3.63, 3.8) is 0 Å². The summed E-state index contributed by atoms with van der Waals surface area (Å²) in [5.74, 6) is 0. The fourth-order valence-electron chi connectivity index (χ4n) is 2.30. The van der Waals surface area contributed by atoms with Crippen LogP contribution in [0.5, 0.6) is 0 Å². The molecule has 0 radical (unpaired) electrons. The van der Waals surface area contributed by atoms with E-state index in [4.69, 9.17) is 9.72 Å². The van der Waals surface area contributed by atoms with Crippen molar-refractivity contribution >= 4 is 11.3 Å². The molecule has 0 saturated heterocycles. The number of hydrogen-bond acceptors (Lipinski definition) is 4. The van der Waals surface area contributed by atoms with Gasteiger partial charge in [0.15, 0.2) is 0 Å². The summed E-state index contributed by atoms with van der Waals surface area (Å²) in [6, 6.07) is 8.83. The van der Waals surface area contributed by atoms with Crippen molar-refractivity contribution in [2.45, 2.75) is 39.8 Å². The number of aryl methyl sites for hydroxylation is 1. The molecule has 0 saturated carbocycles. The highest BCUT2D eigenvalue weighted by Gasteiger charge is 2.14. The number of ether oxygens (including phenoxy) is 1. The largest absolute Gasteiger partial charge is 0.380 e. The van der Waals surface area contributed by atoms with E-state index in [1.807, 2.05) is 0 Å². The van der Waals surface area contributed by atoms with Gasteiger partial charge in [0.05, 0.1) is 12.3 Å². The molecule has 2 rings (SSSR count). The molecule has 1 unspecified atom stereocenters. The molecule has 0 aliphatic heterocycles. The highest BCUT2D eigenvalue weighted by atomic mass is 32.1. The summed E-state index contributed by atoms with van der Waals surface area (Å²) >= 11 is 1.79. The molecule has 2 aromatic rings. The predicted molar refractivity (Wildman–Crippen MR) is 89.7 cm³/mol. The summed E-state index contributed by atoms with van der Waals surface area (Å²) in [5.41, 5.74) is 3.50. The SMILES string of the molecule is CCCNC(C)c1sc(-c2ccc(COC)cc2)nc1C. The van der Waals surface area contributed by atoms with Crippen molar-refractivity contribution in [2.24, 2.45) is 0 Å². The zero-order valence-electron chi connectivity index (χ0n) is 13.3. The van der Waals surface area contributed by atoms with Crippen LogP contribution in [0.1, 0.15) is 42.4 Å². The Morgan fingerprint density at radius 1 is 1.29 bits per heavy atom. The van der Waals surface area contributed by atoms with Gasteiger partial charge in [0, 0.05) is 23.6 Å². The second kappa shape index (κ2) is 7.69. The fraction of sp³-hybridized carbons (Fsp3) is 0.471. The molecule has 3 nitrogen and oxygen atoms in total. The maximum Gasteiger partial charge on any atom is 0.123 e. The average molecular weight is 304 g/mol. The van der Waals surface area contributed by atoms with Crippen LogP contribution >= 0.6 is 11.3 Å². The quantitative estimate of drug-likeness (QED) is 0.827. The predicted octanol–water partition coefficient (Wildman–Crippen LogP) is 4.33. The van der Waals surface area contributed by atoms with E-state index in [1.165, 1.54) is 16.0 Å². The van der Waals surface area contributed by atoms with Crippen LogP contribution in [0.25, 0.3) is 10.6 Å². The highest BCUT2D eigenvalue weighted by Crippen LogP contribution is 2.31. The smallest absolute Gasteiger partial charge is 0.123 e. The lowest BCUT2D eigenvalue weighted by atomic mass is 10.1. The van der Waals surface area contributed by atoms with E-state index in [0.717, 1.165) is 23.7 Å². The van der Waals surface area contributed by atoms with E-state index in [-0.39, 0.29) is 0 Å². The van der Waals surface area contributed by atoms with Gasteiger partial charge in [-0.2, -0.15) is 0 Å². The van der Waals surface area contributed by atoms with Crippen LogP contribution in [0, 0.1) is 6.92 Å². The van der Waals surface area contributed by atoms with E-state index in [1.54, 1.807) is 18.4 Å². The Morgan fingerprint density at radius 2 is 2.00 bits per heavy atom. The molecule has 21 heavy (non-hydrogen) atoms. The molecule has 1 atom stereocenters. The Morgan fingerprint density at radius 3 is 2.62 bits per heavy atom. The zero-order chi connectivity index (χ0) is 15.2. The number of benzene rings is 1. The second-order valence-electron chi connectivity index (χ2n) is 5.27. The van der Waals surface area contributed by atoms with Gasteiger partial charge in [0.2, 0.25) is 0 Å². The average Bonchev–Trinajstić information content (AvgIpc) is 2.88. The minimum Gasteiger partial charge on any atom is -0.380 e. The number of rotatable bonds is 7. The Labute approximate surface area is 131 Å². The van der Waals surface area contributed by atoms with Crippen molar-refractivity contribution in [1.82, 2.24) is 10.3 Å². The van der Waals surface area contributed by atoms with Crippen LogP contribution in [0.4, 0.5) is 0 Å². The first-order chi connectivity index (χ1) is 10.2. The van der Waals surface area contributed by atoms with Crippen LogP contribution < -0.4 is 5.32 Å². The molecule has 1 aromatic carbocycles. The lowest BCUT2D eigenvalue weighted by Crippen LogP contribution is -2.18. The summed E-state index contributed by atoms with van der Waals surface area (Å²) in [6.45, 7) is 8.19. The molecule has 0 spiro atoms. The Balaban J connectivity index is 2.17. The molecule has 1 aromatic heterocycles. The Bertz CT molecular complexity index is 563. The van der Waals surface area contributed by atoms with E-state index in [2.05, 4.69) is 50.4 Å². The van der Waals surface area contributed by atoms with Crippen LogP contribution in [0.3, 0.4) is 0 Å². The second-order valence-corrected chi connectivity index (χ2v) is 6.31. The normalized spacial score (nSPS) is 12.6.